The second kappa shape index (κ2) is 13.1. The van der Waals surface area contributed by atoms with Crippen LogP contribution in [0.1, 0.15) is 96.3 Å². The van der Waals surface area contributed by atoms with Crippen LogP contribution in [0.25, 0.3) is 0 Å². The van der Waals surface area contributed by atoms with Crippen LogP contribution >= 0.6 is 0 Å². The zero-order valence-corrected chi connectivity index (χ0v) is 20.7. The number of ether oxygens (including phenoxy) is 2. The van der Waals surface area contributed by atoms with Crippen LogP contribution < -0.4 is 0 Å². The molecule has 1 aromatic rings. The predicted octanol–water partition coefficient (Wildman–Crippen LogP) is 8.13. The molecular formula is C25H38F6O3. The molecule has 0 aliphatic heterocycles. The first-order valence-electron chi connectivity index (χ1n) is 11.9. The lowest BCUT2D eigenvalue weighted by Gasteiger charge is -2.38. The summed E-state index contributed by atoms with van der Waals surface area (Å²) < 4.78 is 91.3. The van der Waals surface area contributed by atoms with E-state index in [1.54, 1.807) is 27.7 Å². The van der Waals surface area contributed by atoms with Crippen LogP contribution in [0.15, 0.2) is 18.2 Å². The normalized spacial score (nSPS) is 14.3. The van der Waals surface area contributed by atoms with Crippen LogP contribution in [0.5, 0.6) is 0 Å². The van der Waals surface area contributed by atoms with Gasteiger partial charge in [-0.05, 0) is 64.3 Å². The molecule has 0 radical (unpaired) electrons. The predicted molar refractivity (Wildman–Crippen MR) is 119 cm³/mol. The summed E-state index contributed by atoms with van der Waals surface area (Å²) in [4.78, 5) is 0. The first-order valence-corrected chi connectivity index (χ1v) is 11.9. The lowest BCUT2D eigenvalue weighted by atomic mass is 9.89. The Morgan fingerprint density at radius 2 is 1.18 bits per heavy atom. The van der Waals surface area contributed by atoms with E-state index in [0.29, 0.717) is 25.0 Å². The van der Waals surface area contributed by atoms with Crippen molar-refractivity contribution in [2.75, 3.05) is 0 Å². The van der Waals surface area contributed by atoms with Gasteiger partial charge in [0.2, 0.25) is 0 Å². The van der Waals surface area contributed by atoms with Gasteiger partial charge in [0.05, 0.1) is 23.3 Å². The highest BCUT2D eigenvalue weighted by atomic mass is 19.4. The second-order valence-corrected chi connectivity index (χ2v) is 9.34. The SMILES string of the molecule is CCCCCCCCC(Cc1cc(C(F)(F)F)cc(C(F)(F)F)c1)C(O)(OC(C)C)OC(C)C. The summed E-state index contributed by atoms with van der Waals surface area (Å²) in [6, 6.07) is 1.51. The molecule has 9 heteroatoms. The summed E-state index contributed by atoms with van der Waals surface area (Å²) in [6.07, 6.45) is -5.18. The zero-order valence-electron chi connectivity index (χ0n) is 20.7. The molecule has 0 saturated heterocycles. The average molecular weight is 501 g/mol. The van der Waals surface area contributed by atoms with Crippen molar-refractivity contribution in [3.8, 4) is 0 Å². The molecule has 1 N–H and O–H groups in total. The Hall–Kier alpha value is -1.32. The highest BCUT2D eigenvalue weighted by Crippen LogP contribution is 2.38. The smallest absolute Gasteiger partial charge is 0.343 e. The highest BCUT2D eigenvalue weighted by Gasteiger charge is 2.42. The number of rotatable bonds is 14. The van der Waals surface area contributed by atoms with Crippen LogP contribution in [0.4, 0.5) is 26.3 Å². The van der Waals surface area contributed by atoms with Crippen molar-refractivity contribution in [2.24, 2.45) is 5.92 Å². The third-order valence-corrected chi connectivity index (χ3v) is 5.36. The van der Waals surface area contributed by atoms with Crippen molar-refractivity contribution in [3.05, 3.63) is 34.9 Å². The Kier molecular flexibility index (Phi) is 11.8. The van der Waals surface area contributed by atoms with Gasteiger partial charge in [0, 0.05) is 5.92 Å². The van der Waals surface area contributed by atoms with E-state index >= 15 is 0 Å². The monoisotopic (exact) mass is 500 g/mol. The van der Waals surface area contributed by atoms with E-state index in [1.165, 1.54) is 0 Å². The largest absolute Gasteiger partial charge is 0.416 e. The van der Waals surface area contributed by atoms with E-state index in [1.807, 2.05) is 0 Å². The summed E-state index contributed by atoms with van der Waals surface area (Å²) in [5.74, 6) is -3.02. The second-order valence-electron chi connectivity index (χ2n) is 9.34. The minimum atomic E-state index is -4.94. The minimum Gasteiger partial charge on any atom is -0.343 e. The molecule has 0 fully saturated rings. The number of benzene rings is 1. The fourth-order valence-corrected chi connectivity index (χ4v) is 3.90. The Balaban J connectivity index is 3.32. The summed E-state index contributed by atoms with van der Waals surface area (Å²) in [5, 5.41) is 11.3. The highest BCUT2D eigenvalue weighted by molar-refractivity contribution is 5.34. The number of aliphatic hydroxyl groups is 1. The van der Waals surface area contributed by atoms with Gasteiger partial charge in [-0.3, -0.25) is 0 Å². The van der Waals surface area contributed by atoms with Crippen molar-refractivity contribution in [2.45, 2.75) is 117 Å². The molecule has 34 heavy (non-hydrogen) atoms. The van der Waals surface area contributed by atoms with E-state index in [0.717, 1.165) is 32.1 Å². The molecule has 3 nitrogen and oxygen atoms in total. The van der Waals surface area contributed by atoms with Crippen LogP contribution in [0.2, 0.25) is 0 Å². The number of alkyl halides is 6. The fourth-order valence-electron chi connectivity index (χ4n) is 3.90. The third-order valence-electron chi connectivity index (χ3n) is 5.36. The van der Waals surface area contributed by atoms with E-state index in [9.17, 15) is 31.4 Å². The Morgan fingerprint density at radius 3 is 1.59 bits per heavy atom. The van der Waals surface area contributed by atoms with Gasteiger partial charge in [0.25, 0.3) is 5.97 Å². The Labute approximate surface area is 198 Å². The summed E-state index contributed by atoms with van der Waals surface area (Å²) in [7, 11) is 0. The number of halogens is 6. The fraction of sp³-hybridized carbons (Fsp3) is 0.760. The summed E-state index contributed by atoms with van der Waals surface area (Å²) >= 11 is 0. The molecule has 0 heterocycles. The van der Waals surface area contributed by atoms with Gasteiger partial charge in [0.1, 0.15) is 0 Å². The van der Waals surface area contributed by atoms with Crippen molar-refractivity contribution in [1.29, 1.82) is 0 Å². The maximum Gasteiger partial charge on any atom is 0.416 e. The Morgan fingerprint density at radius 1 is 0.735 bits per heavy atom. The Bertz CT molecular complexity index is 686. The lowest BCUT2D eigenvalue weighted by molar-refractivity contribution is -0.407. The molecule has 1 rings (SSSR count). The van der Waals surface area contributed by atoms with Crippen molar-refractivity contribution < 1.29 is 40.9 Å². The number of unbranched alkanes of at least 4 members (excludes halogenated alkanes) is 5. The van der Waals surface area contributed by atoms with Crippen molar-refractivity contribution >= 4 is 0 Å². The van der Waals surface area contributed by atoms with Gasteiger partial charge in [-0.2, -0.15) is 26.3 Å². The average Bonchev–Trinajstić information content (AvgIpc) is 2.66. The molecule has 1 unspecified atom stereocenters. The topological polar surface area (TPSA) is 38.7 Å². The standard InChI is InChI=1S/C25H38F6O3/c1-6-7-8-9-10-11-12-20(25(32,33-17(2)3)34-18(4)5)13-19-14-21(23(26,27)28)16-22(15-19)24(29,30)31/h14-18,20,32H,6-13H2,1-5H3. The zero-order chi connectivity index (χ0) is 26.2. The van der Waals surface area contributed by atoms with Crippen molar-refractivity contribution in [1.82, 2.24) is 0 Å². The third kappa shape index (κ3) is 10.5. The lowest BCUT2D eigenvalue weighted by Crippen LogP contribution is -2.48. The molecule has 0 amide bonds. The van der Waals surface area contributed by atoms with Gasteiger partial charge >= 0.3 is 12.4 Å². The summed E-state index contributed by atoms with van der Waals surface area (Å²) in [6.45, 7) is 8.77. The molecule has 0 saturated carbocycles. The molecule has 1 aromatic carbocycles. The quantitative estimate of drug-likeness (QED) is 0.159. The van der Waals surface area contributed by atoms with Crippen LogP contribution in [0, 0.1) is 5.92 Å². The van der Waals surface area contributed by atoms with Gasteiger partial charge in [-0.1, -0.05) is 45.4 Å². The van der Waals surface area contributed by atoms with E-state index in [4.69, 9.17) is 9.47 Å². The van der Waals surface area contributed by atoms with Gasteiger partial charge in [-0.25, -0.2) is 0 Å². The van der Waals surface area contributed by atoms with Gasteiger partial charge in [-0.15, -0.1) is 0 Å². The van der Waals surface area contributed by atoms with E-state index in [-0.39, 0.29) is 18.1 Å². The van der Waals surface area contributed by atoms with Gasteiger partial charge < -0.3 is 14.6 Å². The number of hydrogen-bond acceptors (Lipinski definition) is 3. The van der Waals surface area contributed by atoms with E-state index < -0.39 is 47.6 Å². The van der Waals surface area contributed by atoms with Crippen LogP contribution in [-0.4, -0.2) is 23.3 Å². The van der Waals surface area contributed by atoms with Gasteiger partial charge in [0.15, 0.2) is 0 Å². The molecular weight excluding hydrogens is 462 g/mol. The minimum absolute atomic E-state index is 0.105. The molecule has 0 bridgehead atoms. The maximum absolute atomic E-state index is 13.3. The molecule has 0 aromatic heterocycles. The maximum atomic E-state index is 13.3. The first kappa shape index (κ1) is 30.7. The van der Waals surface area contributed by atoms with Crippen molar-refractivity contribution in [3.63, 3.8) is 0 Å². The summed E-state index contributed by atoms with van der Waals surface area (Å²) in [5.41, 5.74) is -2.95. The molecule has 198 valence electrons. The number of hydrogen-bond donors (Lipinski definition) is 1. The van der Waals surface area contributed by atoms with Crippen LogP contribution in [-0.2, 0) is 28.2 Å². The molecule has 1 atom stereocenters. The van der Waals surface area contributed by atoms with Crippen LogP contribution in [0.3, 0.4) is 0 Å². The molecule has 0 spiro atoms. The first-order chi connectivity index (χ1) is 15.6. The molecule has 0 aliphatic rings. The molecule has 0 aliphatic carbocycles. The van der Waals surface area contributed by atoms with E-state index in [2.05, 4.69) is 6.92 Å².